The van der Waals surface area contributed by atoms with E-state index in [-0.39, 0.29) is 17.9 Å². The molecule has 1 aliphatic heterocycles. The molecule has 6 heteroatoms. The van der Waals surface area contributed by atoms with Crippen molar-refractivity contribution >= 4 is 20.3 Å². The number of amides is 2. The summed E-state index contributed by atoms with van der Waals surface area (Å²) >= 11 is 0. The summed E-state index contributed by atoms with van der Waals surface area (Å²) in [5.41, 5.74) is 0. The van der Waals surface area contributed by atoms with Gasteiger partial charge in [0.15, 0.2) is 8.32 Å². The van der Waals surface area contributed by atoms with Gasteiger partial charge in [0.2, 0.25) is 0 Å². The van der Waals surface area contributed by atoms with Gasteiger partial charge in [-0.05, 0) is 42.8 Å². The second kappa shape index (κ2) is 7.34. The third-order valence-electron chi connectivity index (χ3n) is 5.24. The predicted octanol–water partition coefficient (Wildman–Crippen LogP) is 3.79. The van der Waals surface area contributed by atoms with E-state index in [4.69, 9.17) is 9.16 Å². The molecule has 2 rings (SSSR count). The molecule has 1 heterocycles. The van der Waals surface area contributed by atoms with Gasteiger partial charge in [0.25, 0.3) is 5.91 Å². The van der Waals surface area contributed by atoms with E-state index in [0.29, 0.717) is 12.5 Å². The van der Waals surface area contributed by atoms with E-state index in [2.05, 4.69) is 20.8 Å². The molecule has 0 aromatic carbocycles. The number of rotatable bonds is 8. The molecule has 2 unspecified atom stereocenters. The van der Waals surface area contributed by atoms with Crippen LogP contribution in [-0.4, -0.2) is 44.0 Å². The molecule has 1 saturated carbocycles. The quantitative estimate of drug-likeness (QED) is 0.498. The van der Waals surface area contributed by atoms with E-state index < -0.39 is 20.5 Å². The summed E-state index contributed by atoms with van der Waals surface area (Å²) in [7, 11) is -1.85. The van der Waals surface area contributed by atoms with Crippen LogP contribution < -0.4 is 0 Å². The molecular formula is C17H31NO4Si. The lowest BCUT2D eigenvalue weighted by Gasteiger charge is -2.48. The van der Waals surface area contributed by atoms with Crippen molar-refractivity contribution in [3.63, 3.8) is 0 Å². The van der Waals surface area contributed by atoms with E-state index in [0.717, 1.165) is 31.0 Å². The third kappa shape index (κ3) is 3.79. The molecule has 0 aromatic rings. The molecule has 1 aliphatic carbocycles. The lowest BCUT2D eigenvalue weighted by Crippen LogP contribution is -2.70. The summed E-state index contributed by atoms with van der Waals surface area (Å²) in [4.78, 5) is 26.1. The van der Waals surface area contributed by atoms with Crippen molar-refractivity contribution in [3.05, 3.63) is 0 Å². The van der Waals surface area contributed by atoms with Gasteiger partial charge in [-0.1, -0.05) is 34.6 Å². The van der Waals surface area contributed by atoms with Crippen molar-refractivity contribution in [2.75, 3.05) is 6.61 Å². The summed E-state index contributed by atoms with van der Waals surface area (Å²) in [5.74, 6) is 0.478. The van der Waals surface area contributed by atoms with Gasteiger partial charge in [0.05, 0.1) is 12.6 Å². The van der Waals surface area contributed by atoms with Crippen molar-refractivity contribution in [1.29, 1.82) is 0 Å². The van der Waals surface area contributed by atoms with Crippen molar-refractivity contribution < 1.29 is 18.8 Å². The lowest BCUT2D eigenvalue weighted by atomic mass is 9.94. The van der Waals surface area contributed by atoms with Crippen LogP contribution in [0.15, 0.2) is 0 Å². The third-order valence-corrected chi connectivity index (χ3v) is 9.86. The largest absolute Gasteiger partial charge is 0.449 e. The second-order valence-corrected chi connectivity index (χ2v) is 12.0. The number of carbonyl (C=O) groups is 2. The molecule has 23 heavy (non-hydrogen) atoms. The molecule has 132 valence electrons. The number of carbonyl (C=O) groups excluding carboxylic acids is 2. The first-order chi connectivity index (χ1) is 10.9. The minimum absolute atomic E-state index is 0.0984. The first kappa shape index (κ1) is 18.5. The Morgan fingerprint density at radius 1 is 1.22 bits per heavy atom. The summed E-state index contributed by atoms with van der Waals surface area (Å²) in [5, 5.41) is 0. The smallest absolute Gasteiger partial charge is 0.416 e. The molecule has 2 atom stereocenters. The van der Waals surface area contributed by atoms with Gasteiger partial charge in [-0.3, -0.25) is 4.79 Å². The average Bonchev–Trinajstić information content (AvgIpc) is 3.36. The highest BCUT2D eigenvalue weighted by molar-refractivity contribution is 6.73. The van der Waals surface area contributed by atoms with Crippen LogP contribution in [0.4, 0.5) is 4.79 Å². The van der Waals surface area contributed by atoms with Gasteiger partial charge in [-0.2, -0.15) is 0 Å². The SMILES string of the molecule is CC[Si](CC)(CC)OC1C(=O)N(C(=O)OCC(C)C)C1C1CC1. The summed E-state index contributed by atoms with van der Waals surface area (Å²) in [6.07, 6.45) is 1.24. The normalized spacial score (nSPS) is 24.8. The van der Waals surface area contributed by atoms with Crippen LogP contribution in [-0.2, 0) is 14.0 Å². The maximum absolute atomic E-state index is 12.5. The van der Waals surface area contributed by atoms with Crippen LogP contribution in [0.1, 0.15) is 47.5 Å². The Morgan fingerprint density at radius 3 is 2.22 bits per heavy atom. The fourth-order valence-electron chi connectivity index (χ4n) is 3.29. The molecule has 0 N–H and O–H groups in total. The molecule has 2 aliphatic rings. The fraction of sp³-hybridized carbons (Fsp3) is 0.882. The minimum Gasteiger partial charge on any atom is -0.449 e. The molecule has 1 saturated heterocycles. The topological polar surface area (TPSA) is 55.8 Å². The van der Waals surface area contributed by atoms with Crippen molar-refractivity contribution in [2.45, 2.75) is 77.7 Å². The highest BCUT2D eigenvalue weighted by atomic mass is 28.4. The zero-order chi connectivity index (χ0) is 17.2. The van der Waals surface area contributed by atoms with Crippen molar-refractivity contribution in [2.24, 2.45) is 11.8 Å². The van der Waals surface area contributed by atoms with Crippen LogP contribution in [0.5, 0.6) is 0 Å². The zero-order valence-corrected chi connectivity index (χ0v) is 16.1. The number of hydrogen-bond donors (Lipinski definition) is 0. The summed E-state index contributed by atoms with van der Waals surface area (Å²) in [6, 6.07) is 2.94. The van der Waals surface area contributed by atoms with Crippen LogP contribution in [0.25, 0.3) is 0 Å². The van der Waals surface area contributed by atoms with E-state index in [9.17, 15) is 9.59 Å². The second-order valence-electron chi connectivity index (χ2n) is 7.29. The maximum atomic E-state index is 12.5. The average molecular weight is 342 g/mol. The molecule has 2 fully saturated rings. The maximum Gasteiger partial charge on any atom is 0.416 e. The van der Waals surface area contributed by atoms with Gasteiger partial charge in [0, 0.05) is 0 Å². The number of ether oxygens (including phenoxy) is 1. The highest BCUT2D eigenvalue weighted by Gasteiger charge is 2.59. The van der Waals surface area contributed by atoms with E-state index in [1.165, 1.54) is 4.90 Å². The minimum atomic E-state index is -1.85. The zero-order valence-electron chi connectivity index (χ0n) is 15.1. The fourth-order valence-corrected chi connectivity index (χ4v) is 6.07. The summed E-state index contributed by atoms with van der Waals surface area (Å²) in [6.45, 7) is 10.8. The molecule has 0 bridgehead atoms. The van der Waals surface area contributed by atoms with Gasteiger partial charge < -0.3 is 9.16 Å². The lowest BCUT2D eigenvalue weighted by molar-refractivity contribution is -0.161. The number of hydrogen-bond acceptors (Lipinski definition) is 4. The van der Waals surface area contributed by atoms with E-state index in [1.54, 1.807) is 0 Å². The molecule has 2 amide bonds. The standard InChI is InChI=1S/C17H31NO4Si/c1-6-23(7-2,8-3)22-15-14(13-9-10-13)18(16(15)19)17(20)21-11-12(4)5/h12-15H,6-11H2,1-5H3. The van der Waals surface area contributed by atoms with Gasteiger partial charge >= 0.3 is 6.09 Å². The molecule has 0 radical (unpaired) electrons. The molecule has 0 aromatic heterocycles. The number of β-lactam (4-membered cyclic amide) rings is 1. The number of nitrogens with zero attached hydrogens (tertiary/aromatic N) is 1. The number of likely N-dealkylation sites (tertiary alicyclic amines) is 1. The first-order valence-corrected chi connectivity index (χ1v) is 11.6. The molecule has 5 nitrogen and oxygen atoms in total. The predicted molar refractivity (Wildman–Crippen MR) is 91.6 cm³/mol. The Bertz CT molecular complexity index is 438. The Labute approximate surface area is 140 Å². The molecular weight excluding hydrogens is 310 g/mol. The van der Waals surface area contributed by atoms with E-state index >= 15 is 0 Å². The van der Waals surface area contributed by atoms with Gasteiger partial charge in [0.1, 0.15) is 6.10 Å². The van der Waals surface area contributed by atoms with Crippen LogP contribution in [0.3, 0.4) is 0 Å². The van der Waals surface area contributed by atoms with Crippen molar-refractivity contribution in [3.8, 4) is 0 Å². The van der Waals surface area contributed by atoms with Crippen LogP contribution in [0, 0.1) is 11.8 Å². The van der Waals surface area contributed by atoms with Gasteiger partial charge in [-0.15, -0.1) is 0 Å². The van der Waals surface area contributed by atoms with E-state index in [1.807, 2.05) is 13.8 Å². The monoisotopic (exact) mass is 341 g/mol. The number of imide groups is 1. The van der Waals surface area contributed by atoms with Crippen LogP contribution >= 0.6 is 0 Å². The van der Waals surface area contributed by atoms with Crippen LogP contribution in [0.2, 0.25) is 18.1 Å². The summed E-state index contributed by atoms with van der Waals surface area (Å²) < 4.78 is 11.7. The van der Waals surface area contributed by atoms with Crippen molar-refractivity contribution in [1.82, 2.24) is 4.90 Å². The Kier molecular flexibility index (Phi) is 5.89. The first-order valence-electron chi connectivity index (χ1n) is 9.06. The molecule has 0 spiro atoms. The Morgan fingerprint density at radius 2 is 1.78 bits per heavy atom. The highest BCUT2D eigenvalue weighted by Crippen LogP contribution is 2.44. The van der Waals surface area contributed by atoms with Gasteiger partial charge in [-0.25, -0.2) is 9.69 Å². The Hall–Kier alpha value is -0.883. The Balaban J connectivity index is 2.05.